The number of nitrogens with zero attached hydrogens (tertiary/aromatic N) is 1. The zero-order chi connectivity index (χ0) is 12.5. The smallest absolute Gasteiger partial charge is 0.0914 e. The zero-order valence-electron chi connectivity index (χ0n) is 11.1. The number of aromatic nitrogens is 1. The Morgan fingerprint density at radius 3 is 2.82 bits per heavy atom. The van der Waals surface area contributed by atoms with Gasteiger partial charge in [-0.05, 0) is 50.0 Å². The summed E-state index contributed by atoms with van der Waals surface area (Å²) in [6.07, 6.45) is 7.80. The number of rotatable bonds is 2. The van der Waals surface area contributed by atoms with Gasteiger partial charge in [0.05, 0.1) is 5.60 Å². The van der Waals surface area contributed by atoms with Gasteiger partial charge in [-0.3, -0.25) is 4.98 Å². The molecule has 1 aromatic heterocycles. The maximum absolute atomic E-state index is 10.8. The van der Waals surface area contributed by atoms with Gasteiger partial charge in [0.15, 0.2) is 0 Å². The highest BCUT2D eigenvalue weighted by atomic mass is 16.3. The van der Waals surface area contributed by atoms with E-state index in [1.807, 2.05) is 19.3 Å². The third-order valence-electron chi connectivity index (χ3n) is 4.12. The molecule has 2 unspecified atom stereocenters. The van der Waals surface area contributed by atoms with Crippen molar-refractivity contribution in [2.45, 2.75) is 52.1 Å². The third-order valence-corrected chi connectivity index (χ3v) is 4.12. The standard InChI is InChI=1S/C15H23NO/c1-11(2)13-5-4-6-15(17,8-13)14-7-12(3)9-16-10-14/h7,9-11,13,17H,4-6,8H2,1-3H3. The highest BCUT2D eigenvalue weighted by molar-refractivity contribution is 5.23. The maximum Gasteiger partial charge on any atom is 0.0914 e. The first-order chi connectivity index (χ1) is 8.01. The Morgan fingerprint density at radius 1 is 1.41 bits per heavy atom. The van der Waals surface area contributed by atoms with E-state index in [2.05, 4.69) is 24.9 Å². The van der Waals surface area contributed by atoms with Gasteiger partial charge in [0.25, 0.3) is 0 Å². The molecule has 1 N–H and O–H groups in total. The van der Waals surface area contributed by atoms with E-state index in [0.717, 1.165) is 30.4 Å². The van der Waals surface area contributed by atoms with Gasteiger partial charge in [0.1, 0.15) is 0 Å². The fourth-order valence-corrected chi connectivity index (χ4v) is 2.94. The van der Waals surface area contributed by atoms with E-state index >= 15 is 0 Å². The monoisotopic (exact) mass is 233 g/mol. The Hall–Kier alpha value is -0.890. The Bertz CT molecular complexity index is 388. The number of pyridine rings is 1. The molecule has 0 aliphatic heterocycles. The molecule has 0 amide bonds. The third kappa shape index (κ3) is 2.68. The summed E-state index contributed by atoms with van der Waals surface area (Å²) in [5, 5.41) is 10.8. The minimum absolute atomic E-state index is 0.634. The van der Waals surface area contributed by atoms with Crippen molar-refractivity contribution in [2.24, 2.45) is 11.8 Å². The van der Waals surface area contributed by atoms with Crippen molar-refractivity contribution >= 4 is 0 Å². The Balaban J connectivity index is 2.23. The van der Waals surface area contributed by atoms with Crippen LogP contribution in [0.3, 0.4) is 0 Å². The molecule has 0 aromatic carbocycles. The van der Waals surface area contributed by atoms with Gasteiger partial charge in [-0.2, -0.15) is 0 Å². The van der Waals surface area contributed by atoms with Crippen molar-refractivity contribution in [2.75, 3.05) is 0 Å². The van der Waals surface area contributed by atoms with Crippen LogP contribution in [0.4, 0.5) is 0 Å². The van der Waals surface area contributed by atoms with E-state index in [4.69, 9.17) is 0 Å². The lowest BCUT2D eigenvalue weighted by Crippen LogP contribution is -2.34. The second kappa shape index (κ2) is 4.77. The second-order valence-corrected chi connectivity index (χ2v) is 5.88. The summed E-state index contributed by atoms with van der Waals surface area (Å²) in [7, 11) is 0. The normalized spacial score (nSPS) is 29.6. The molecule has 2 nitrogen and oxygen atoms in total. The Kier molecular flexibility index (Phi) is 3.53. The van der Waals surface area contributed by atoms with Crippen molar-refractivity contribution < 1.29 is 5.11 Å². The van der Waals surface area contributed by atoms with Gasteiger partial charge in [0.2, 0.25) is 0 Å². The van der Waals surface area contributed by atoms with Crippen molar-refractivity contribution in [3.05, 3.63) is 29.6 Å². The number of hydrogen-bond acceptors (Lipinski definition) is 2. The first-order valence-electron chi connectivity index (χ1n) is 6.66. The van der Waals surface area contributed by atoms with Crippen LogP contribution in [0, 0.1) is 18.8 Å². The van der Waals surface area contributed by atoms with E-state index in [-0.39, 0.29) is 0 Å². The summed E-state index contributed by atoms with van der Waals surface area (Å²) in [5.41, 5.74) is 1.48. The first-order valence-corrected chi connectivity index (χ1v) is 6.66. The minimum Gasteiger partial charge on any atom is -0.385 e. The molecule has 1 aliphatic carbocycles. The molecule has 1 aliphatic rings. The molecule has 0 spiro atoms. The van der Waals surface area contributed by atoms with E-state index in [1.165, 1.54) is 6.42 Å². The average molecular weight is 233 g/mol. The second-order valence-electron chi connectivity index (χ2n) is 5.88. The van der Waals surface area contributed by atoms with Gasteiger partial charge in [-0.15, -0.1) is 0 Å². The van der Waals surface area contributed by atoms with Gasteiger partial charge >= 0.3 is 0 Å². The van der Waals surface area contributed by atoms with E-state index < -0.39 is 5.60 Å². The molecule has 2 heteroatoms. The highest BCUT2D eigenvalue weighted by Gasteiger charge is 2.37. The lowest BCUT2D eigenvalue weighted by molar-refractivity contribution is -0.0298. The topological polar surface area (TPSA) is 33.1 Å². The average Bonchev–Trinajstić information content (AvgIpc) is 2.29. The Labute approximate surface area is 104 Å². The summed E-state index contributed by atoms with van der Waals surface area (Å²) < 4.78 is 0. The van der Waals surface area contributed by atoms with Crippen molar-refractivity contribution in [3.63, 3.8) is 0 Å². The predicted octanol–water partition coefficient (Wildman–Crippen LogP) is 3.42. The van der Waals surface area contributed by atoms with Crippen molar-refractivity contribution in [3.8, 4) is 0 Å². The van der Waals surface area contributed by atoms with Crippen molar-refractivity contribution in [1.82, 2.24) is 4.98 Å². The summed E-state index contributed by atoms with van der Waals surface area (Å²) in [5.74, 6) is 1.29. The van der Waals surface area contributed by atoms with E-state index in [1.54, 1.807) is 0 Å². The molecular formula is C15H23NO. The first kappa shape index (κ1) is 12.6. The van der Waals surface area contributed by atoms with Crippen LogP contribution in [0.25, 0.3) is 0 Å². The van der Waals surface area contributed by atoms with Crippen LogP contribution in [-0.2, 0) is 5.60 Å². The summed E-state index contributed by atoms with van der Waals surface area (Å²) in [6, 6.07) is 2.08. The quantitative estimate of drug-likeness (QED) is 0.849. The molecule has 0 radical (unpaired) electrons. The number of aryl methyl sites for hydroxylation is 1. The molecule has 1 heterocycles. The number of hydrogen-bond donors (Lipinski definition) is 1. The molecular weight excluding hydrogens is 210 g/mol. The van der Waals surface area contributed by atoms with Crippen LogP contribution in [0.2, 0.25) is 0 Å². The lowest BCUT2D eigenvalue weighted by atomic mass is 9.71. The van der Waals surface area contributed by atoms with Crippen molar-refractivity contribution in [1.29, 1.82) is 0 Å². The van der Waals surface area contributed by atoms with Crippen LogP contribution in [0.1, 0.15) is 50.7 Å². The van der Waals surface area contributed by atoms with Gasteiger partial charge in [0, 0.05) is 18.0 Å². The van der Waals surface area contributed by atoms with Crippen LogP contribution < -0.4 is 0 Å². The van der Waals surface area contributed by atoms with E-state index in [0.29, 0.717) is 11.8 Å². The molecule has 2 rings (SSSR count). The molecule has 94 valence electrons. The molecule has 0 bridgehead atoms. The molecule has 1 fully saturated rings. The number of aliphatic hydroxyl groups is 1. The van der Waals surface area contributed by atoms with E-state index in [9.17, 15) is 5.11 Å². The van der Waals surface area contributed by atoms with Crippen LogP contribution in [0.15, 0.2) is 18.5 Å². The fourth-order valence-electron chi connectivity index (χ4n) is 2.94. The minimum atomic E-state index is -0.647. The summed E-state index contributed by atoms with van der Waals surface area (Å²) in [6.45, 7) is 6.54. The van der Waals surface area contributed by atoms with Gasteiger partial charge in [-0.1, -0.05) is 19.9 Å². The SMILES string of the molecule is Cc1cncc(C2(O)CCCC(C(C)C)C2)c1. The molecule has 0 saturated heterocycles. The molecule has 1 aromatic rings. The summed E-state index contributed by atoms with van der Waals surface area (Å²) >= 11 is 0. The highest BCUT2D eigenvalue weighted by Crippen LogP contribution is 2.42. The summed E-state index contributed by atoms with van der Waals surface area (Å²) in [4.78, 5) is 4.21. The van der Waals surface area contributed by atoms with Gasteiger partial charge in [-0.25, -0.2) is 0 Å². The molecule has 17 heavy (non-hydrogen) atoms. The Morgan fingerprint density at radius 2 is 2.18 bits per heavy atom. The van der Waals surface area contributed by atoms with Crippen LogP contribution in [0.5, 0.6) is 0 Å². The van der Waals surface area contributed by atoms with Crippen LogP contribution >= 0.6 is 0 Å². The zero-order valence-corrected chi connectivity index (χ0v) is 11.1. The lowest BCUT2D eigenvalue weighted by Gasteiger charge is -2.38. The maximum atomic E-state index is 10.8. The molecule has 2 atom stereocenters. The van der Waals surface area contributed by atoms with Gasteiger partial charge < -0.3 is 5.11 Å². The molecule has 1 saturated carbocycles. The fraction of sp³-hybridized carbons (Fsp3) is 0.667. The van der Waals surface area contributed by atoms with Crippen LogP contribution in [-0.4, -0.2) is 10.1 Å². The predicted molar refractivity (Wildman–Crippen MR) is 69.7 cm³/mol. The largest absolute Gasteiger partial charge is 0.385 e.